The summed E-state index contributed by atoms with van der Waals surface area (Å²) in [6.07, 6.45) is 6.71. The molecule has 2 rings (SSSR count). The zero-order valence-electron chi connectivity index (χ0n) is 13.6. The summed E-state index contributed by atoms with van der Waals surface area (Å²) in [6, 6.07) is 0.434. The summed E-state index contributed by atoms with van der Waals surface area (Å²) in [7, 11) is 0. The molecule has 0 aromatic rings. The SMILES string of the molecule is C[C@H]1C[C@@H](C(=O)NCCCN2CCCCCC2=O)CCN1.Cl. The van der Waals surface area contributed by atoms with Crippen molar-refractivity contribution in [1.29, 1.82) is 0 Å². The minimum atomic E-state index is 0. The Kier molecular flexibility index (Phi) is 8.79. The van der Waals surface area contributed by atoms with Crippen LogP contribution in [0.3, 0.4) is 0 Å². The maximum absolute atomic E-state index is 12.1. The normalized spacial score (nSPS) is 26.0. The van der Waals surface area contributed by atoms with Gasteiger partial charge in [-0.25, -0.2) is 0 Å². The summed E-state index contributed by atoms with van der Waals surface area (Å²) < 4.78 is 0. The lowest BCUT2D eigenvalue weighted by Gasteiger charge is -2.27. The third kappa shape index (κ3) is 6.13. The second-order valence-corrected chi connectivity index (χ2v) is 6.41. The molecular formula is C16H30ClN3O2. The predicted molar refractivity (Wildman–Crippen MR) is 90.1 cm³/mol. The van der Waals surface area contributed by atoms with Crippen molar-refractivity contribution in [2.24, 2.45) is 5.92 Å². The van der Waals surface area contributed by atoms with Gasteiger partial charge in [0.05, 0.1) is 0 Å². The van der Waals surface area contributed by atoms with E-state index in [9.17, 15) is 9.59 Å². The molecule has 128 valence electrons. The molecule has 2 N–H and O–H groups in total. The maximum atomic E-state index is 12.1. The van der Waals surface area contributed by atoms with Gasteiger partial charge in [0.15, 0.2) is 0 Å². The number of carbonyl (C=O) groups is 2. The van der Waals surface area contributed by atoms with Crippen LogP contribution in [0.1, 0.15) is 51.9 Å². The third-order valence-corrected chi connectivity index (χ3v) is 4.57. The summed E-state index contributed by atoms with van der Waals surface area (Å²) >= 11 is 0. The molecule has 5 nitrogen and oxygen atoms in total. The van der Waals surface area contributed by atoms with Crippen LogP contribution in [0.4, 0.5) is 0 Å². The second-order valence-electron chi connectivity index (χ2n) is 6.41. The molecule has 0 aliphatic carbocycles. The third-order valence-electron chi connectivity index (χ3n) is 4.57. The number of hydrogen-bond donors (Lipinski definition) is 2. The molecule has 2 heterocycles. The molecule has 0 radical (unpaired) electrons. The van der Waals surface area contributed by atoms with Crippen LogP contribution in [0.15, 0.2) is 0 Å². The summed E-state index contributed by atoms with van der Waals surface area (Å²) in [5.74, 6) is 0.623. The molecule has 0 aromatic carbocycles. The van der Waals surface area contributed by atoms with Gasteiger partial charge in [-0.2, -0.15) is 0 Å². The fourth-order valence-electron chi connectivity index (χ4n) is 3.27. The lowest BCUT2D eigenvalue weighted by molar-refractivity contribution is -0.130. The first kappa shape index (κ1) is 19.2. The Hall–Kier alpha value is -0.810. The average molecular weight is 332 g/mol. The van der Waals surface area contributed by atoms with E-state index in [0.29, 0.717) is 19.0 Å². The van der Waals surface area contributed by atoms with Crippen molar-refractivity contribution < 1.29 is 9.59 Å². The number of likely N-dealkylation sites (tertiary alicyclic amines) is 1. The number of piperidine rings is 1. The molecule has 0 unspecified atom stereocenters. The first-order chi connectivity index (χ1) is 10.2. The summed E-state index contributed by atoms with van der Waals surface area (Å²) in [5.41, 5.74) is 0. The molecule has 2 saturated heterocycles. The smallest absolute Gasteiger partial charge is 0.223 e. The second kappa shape index (κ2) is 10.1. The van der Waals surface area contributed by atoms with Gasteiger partial charge < -0.3 is 15.5 Å². The molecular weight excluding hydrogens is 302 g/mol. The first-order valence-corrected chi connectivity index (χ1v) is 8.45. The number of halogens is 1. The molecule has 2 atom stereocenters. The molecule has 2 fully saturated rings. The lowest BCUT2D eigenvalue weighted by Crippen LogP contribution is -2.43. The highest BCUT2D eigenvalue weighted by Crippen LogP contribution is 2.16. The number of nitrogens with one attached hydrogen (secondary N) is 2. The molecule has 22 heavy (non-hydrogen) atoms. The van der Waals surface area contributed by atoms with Gasteiger partial charge in [0, 0.05) is 38.0 Å². The number of hydrogen-bond acceptors (Lipinski definition) is 3. The molecule has 2 aliphatic rings. The van der Waals surface area contributed by atoms with Crippen molar-refractivity contribution in [3.05, 3.63) is 0 Å². The van der Waals surface area contributed by atoms with Crippen molar-refractivity contribution in [3.8, 4) is 0 Å². The zero-order valence-corrected chi connectivity index (χ0v) is 14.4. The highest BCUT2D eigenvalue weighted by Gasteiger charge is 2.24. The Bertz CT molecular complexity index is 365. The standard InChI is InChI=1S/C16H29N3O2.ClH/c1-13-12-14(7-9-17-13)16(21)18-8-5-11-19-10-4-2-3-6-15(19)20;/h13-14,17H,2-12H2,1H3,(H,18,21);1H/t13-,14-;/m0./s1. The Morgan fingerprint density at radius 2 is 2.18 bits per heavy atom. The van der Waals surface area contributed by atoms with Gasteiger partial charge in [0.25, 0.3) is 0 Å². The molecule has 0 aromatic heterocycles. The van der Waals surface area contributed by atoms with Crippen molar-refractivity contribution in [1.82, 2.24) is 15.5 Å². The Morgan fingerprint density at radius 3 is 2.95 bits per heavy atom. The van der Waals surface area contributed by atoms with E-state index in [0.717, 1.165) is 58.2 Å². The number of carbonyl (C=O) groups excluding carboxylic acids is 2. The minimum absolute atomic E-state index is 0. The number of amides is 2. The van der Waals surface area contributed by atoms with Crippen LogP contribution >= 0.6 is 12.4 Å². The van der Waals surface area contributed by atoms with Crippen LogP contribution in [0.5, 0.6) is 0 Å². The van der Waals surface area contributed by atoms with Crippen molar-refractivity contribution in [2.75, 3.05) is 26.2 Å². The van der Waals surface area contributed by atoms with Gasteiger partial charge in [-0.3, -0.25) is 9.59 Å². The fourth-order valence-corrected chi connectivity index (χ4v) is 3.27. The van der Waals surface area contributed by atoms with Crippen LogP contribution in [0, 0.1) is 5.92 Å². The summed E-state index contributed by atoms with van der Waals surface area (Å²) in [5, 5.41) is 6.40. The van der Waals surface area contributed by atoms with E-state index >= 15 is 0 Å². The lowest BCUT2D eigenvalue weighted by atomic mass is 9.92. The molecule has 0 bridgehead atoms. The van der Waals surface area contributed by atoms with Gasteiger partial charge in [0.2, 0.25) is 11.8 Å². The van der Waals surface area contributed by atoms with Crippen LogP contribution in [0.25, 0.3) is 0 Å². The predicted octanol–water partition coefficient (Wildman–Crippen LogP) is 1.71. The van der Waals surface area contributed by atoms with E-state index in [1.165, 1.54) is 0 Å². The topological polar surface area (TPSA) is 61.4 Å². The van der Waals surface area contributed by atoms with E-state index in [2.05, 4.69) is 17.6 Å². The average Bonchev–Trinajstić information content (AvgIpc) is 2.68. The quantitative estimate of drug-likeness (QED) is 0.754. The fraction of sp³-hybridized carbons (Fsp3) is 0.875. The summed E-state index contributed by atoms with van der Waals surface area (Å²) in [4.78, 5) is 25.9. The largest absolute Gasteiger partial charge is 0.356 e. The van der Waals surface area contributed by atoms with Gasteiger partial charge in [-0.15, -0.1) is 12.4 Å². The monoisotopic (exact) mass is 331 g/mol. The van der Waals surface area contributed by atoms with Crippen molar-refractivity contribution >= 4 is 24.2 Å². The maximum Gasteiger partial charge on any atom is 0.223 e. The Balaban J connectivity index is 0.00000242. The van der Waals surface area contributed by atoms with Gasteiger partial charge in [-0.1, -0.05) is 6.42 Å². The van der Waals surface area contributed by atoms with Crippen LogP contribution < -0.4 is 10.6 Å². The van der Waals surface area contributed by atoms with Crippen LogP contribution in [-0.2, 0) is 9.59 Å². The van der Waals surface area contributed by atoms with E-state index in [1.54, 1.807) is 0 Å². The molecule has 0 saturated carbocycles. The van der Waals surface area contributed by atoms with Gasteiger partial charge in [-0.05, 0) is 45.6 Å². The van der Waals surface area contributed by atoms with Crippen molar-refractivity contribution in [2.45, 2.75) is 57.9 Å². The number of nitrogens with zero attached hydrogens (tertiary/aromatic N) is 1. The highest BCUT2D eigenvalue weighted by atomic mass is 35.5. The summed E-state index contributed by atoms with van der Waals surface area (Å²) in [6.45, 7) is 5.41. The molecule has 0 spiro atoms. The van der Waals surface area contributed by atoms with E-state index < -0.39 is 0 Å². The highest BCUT2D eigenvalue weighted by molar-refractivity contribution is 5.85. The Labute approximate surface area is 140 Å². The molecule has 2 amide bonds. The van der Waals surface area contributed by atoms with E-state index in [-0.39, 0.29) is 30.1 Å². The minimum Gasteiger partial charge on any atom is -0.356 e. The van der Waals surface area contributed by atoms with Crippen molar-refractivity contribution in [3.63, 3.8) is 0 Å². The van der Waals surface area contributed by atoms with Crippen LogP contribution in [-0.4, -0.2) is 48.9 Å². The van der Waals surface area contributed by atoms with E-state index in [1.807, 2.05) is 4.90 Å². The van der Waals surface area contributed by atoms with Crippen LogP contribution in [0.2, 0.25) is 0 Å². The van der Waals surface area contributed by atoms with E-state index in [4.69, 9.17) is 0 Å². The zero-order chi connectivity index (χ0) is 15.1. The number of rotatable bonds is 5. The first-order valence-electron chi connectivity index (χ1n) is 8.45. The van der Waals surface area contributed by atoms with Gasteiger partial charge in [0.1, 0.15) is 0 Å². The molecule has 6 heteroatoms. The molecule has 2 aliphatic heterocycles. The Morgan fingerprint density at radius 1 is 1.36 bits per heavy atom. The van der Waals surface area contributed by atoms with Gasteiger partial charge >= 0.3 is 0 Å².